The van der Waals surface area contributed by atoms with E-state index < -0.39 is 10.0 Å². The third-order valence-electron chi connectivity index (χ3n) is 3.47. The van der Waals surface area contributed by atoms with Gasteiger partial charge in [-0.2, -0.15) is 0 Å². The Bertz CT molecular complexity index is 965. The fourth-order valence-electron chi connectivity index (χ4n) is 2.18. The molecule has 3 rings (SSSR count). The van der Waals surface area contributed by atoms with Crippen LogP contribution in [-0.2, 0) is 10.0 Å². The van der Waals surface area contributed by atoms with Gasteiger partial charge >= 0.3 is 0 Å². The lowest BCUT2D eigenvalue weighted by Gasteiger charge is -2.15. The van der Waals surface area contributed by atoms with Crippen LogP contribution in [0.5, 0.6) is 0 Å². The number of sulfonamides is 1. The van der Waals surface area contributed by atoms with Crippen molar-refractivity contribution in [3.63, 3.8) is 0 Å². The average Bonchev–Trinajstić information content (AvgIpc) is 2.98. The number of rotatable bonds is 4. The first-order chi connectivity index (χ1) is 10.9. The lowest BCUT2D eigenvalue weighted by molar-refractivity contribution is 0.520. The van der Waals surface area contributed by atoms with E-state index in [9.17, 15) is 8.42 Å². The first-order valence-corrected chi connectivity index (χ1v) is 9.20. The molecule has 0 spiro atoms. The number of anilines is 2. The van der Waals surface area contributed by atoms with Gasteiger partial charge in [-0.15, -0.1) is 11.3 Å². The third kappa shape index (κ3) is 2.92. The predicted molar refractivity (Wildman–Crippen MR) is 92.7 cm³/mol. The highest BCUT2D eigenvalue weighted by molar-refractivity contribution is 7.89. The Morgan fingerprint density at radius 1 is 1.17 bits per heavy atom. The topological polar surface area (TPSA) is 75.2 Å². The Morgan fingerprint density at radius 3 is 2.70 bits per heavy atom. The van der Waals surface area contributed by atoms with E-state index in [-0.39, 0.29) is 4.90 Å². The van der Waals surface area contributed by atoms with E-state index in [1.165, 1.54) is 36.1 Å². The van der Waals surface area contributed by atoms with Crippen molar-refractivity contribution in [2.45, 2.75) is 11.8 Å². The Labute approximate surface area is 138 Å². The fraction of sp³-hybridized carbons (Fsp3) is 0.200. The predicted octanol–water partition coefficient (Wildman–Crippen LogP) is 2.99. The summed E-state index contributed by atoms with van der Waals surface area (Å²) in [7, 11) is -0.447. The van der Waals surface area contributed by atoms with Gasteiger partial charge in [-0.1, -0.05) is 6.07 Å². The minimum Gasteiger partial charge on any atom is -0.340 e. The number of hydrogen-bond acceptors (Lipinski definition) is 6. The molecule has 0 amide bonds. The van der Waals surface area contributed by atoms with Gasteiger partial charge in [0.05, 0.1) is 10.3 Å². The minimum atomic E-state index is -3.49. The van der Waals surface area contributed by atoms with Gasteiger partial charge in [0.15, 0.2) is 0 Å². The number of nitrogens with zero attached hydrogens (tertiary/aromatic N) is 3. The van der Waals surface area contributed by atoms with Crippen LogP contribution in [0.4, 0.5) is 11.5 Å². The first-order valence-electron chi connectivity index (χ1n) is 6.88. The van der Waals surface area contributed by atoms with Gasteiger partial charge in [0.25, 0.3) is 0 Å². The molecule has 0 aliphatic carbocycles. The van der Waals surface area contributed by atoms with E-state index in [0.29, 0.717) is 17.1 Å². The van der Waals surface area contributed by atoms with Crippen LogP contribution in [0.1, 0.15) is 5.56 Å². The molecule has 0 saturated heterocycles. The number of hydrogen-bond donors (Lipinski definition) is 1. The van der Waals surface area contributed by atoms with Crippen LogP contribution in [0, 0.1) is 6.92 Å². The van der Waals surface area contributed by atoms with Gasteiger partial charge in [0.1, 0.15) is 17.0 Å². The summed E-state index contributed by atoms with van der Waals surface area (Å²) in [5, 5.41) is 6.04. The zero-order valence-corrected chi connectivity index (χ0v) is 14.6. The van der Waals surface area contributed by atoms with Crippen LogP contribution >= 0.6 is 11.3 Å². The van der Waals surface area contributed by atoms with Gasteiger partial charge in [-0.3, -0.25) is 0 Å². The Kier molecular flexibility index (Phi) is 4.05. The zero-order valence-electron chi connectivity index (χ0n) is 12.9. The van der Waals surface area contributed by atoms with Crippen molar-refractivity contribution in [1.29, 1.82) is 0 Å². The summed E-state index contributed by atoms with van der Waals surface area (Å²) in [5.74, 6) is 0.660. The van der Waals surface area contributed by atoms with Crippen LogP contribution in [0.2, 0.25) is 0 Å². The van der Waals surface area contributed by atoms with Crippen LogP contribution in [0.3, 0.4) is 0 Å². The monoisotopic (exact) mass is 348 g/mol. The molecule has 23 heavy (non-hydrogen) atoms. The van der Waals surface area contributed by atoms with Gasteiger partial charge in [-0.25, -0.2) is 22.7 Å². The molecule has 0 bridgehead atoms. The normalized spacial score (nSPS) is 12.0. The number of nitrogens with one attached hydrogen (secondary N) is 1. The second-order valence-electron chi connectivity index (χ2n) is 5.25. The summed E-state index contributed by atoms with van der Waals surface area (Å²) in [6, 6.07) is 7.19. The molecule has 2 aromatic heterocycles. The summed E-state index contributed by atoms with van der Waals surface area (Å²) in [6.45, 7) is 1.78. The highest BCUT2D eigenvalue weighted by atomic mass is 32.2. The summed E-state index contributed by atoms with van der Waals surface area (Å²) in [5.41, 5.74) is 1.37. The van der Waals surface area contributed by atoms with Gasteiger partial charge in [0, 0.05) is 19.8 Å². The van der Waals surface area contributed by atoms with Gasteiger partial charge in [-0.05, 0) is 36.1 Å². The maximum atomic E-state index is 12.4. The van der Waals surface area contributed by atoms with Crippen molar-refractivity contribution in [2.24, 2.45) is 0 Å². The fourth-order valence-corrected chi connectivity index (χ4v) is 4.06. The number of thiophene rings is 1. The van der Waals surface area contributed by atoms with Crippen LogP contribution in [0.15, 0.2) is 40.9 Å². The quantitative estimate of drug-likeness (QED) is 0.784. The summed E-state index contributed by atoms with van der Waals surface area (Å²) >= 11 is 1.53. The molecule has 2 heterocycles. The van der Waals surface area contributed by atoms with E-state index in [0.717, 1.165) is 10.2 Å². The Balaban J connectivity index is 2.04. The molecule has 0 aliphatic heterocycles. The van der Waals surface area contributed by atoms with Crippen molar-refractivity contribution in [2.75, 3.05) is 19.4 Å². The maximum Gasteiger partial charge on any atom is 0.242 e. The number of aromatic nitrogens is 2. The van der Waals surface area contributed by atoms with E-state index in [4.69, 9.17) is 0 Å². The lowest BCUT2D eigenvalue weighted by Crippen LogP contribution is -2.23. The molecular weight excluding hydrogens is 332 g/mol. The molecule has 0 fully saturated rings. The molecule has 8 heteroatoms. The molecule has 0 radical (unpaired) electrons. The van der Waals surface area contributed by atoms with E-state index in [1.807, 2.05) is 17.5 Å². The molecule has 120 valence electrons. The summed E-state index contributed by atoms with van der Waals surface area (Å²) in [6.07, 6.45) is 1.49. The van der Waals surface area contributed by atoms with Crippen molar-refractivity contribution in [1.82, 2.24) is 14.3 Å². The molecular formula is C15H16N4O2S2. The molecule has 1 N–H and O–H groups in total. The third-order valence-corrected chi connectivity index (χ3v) is 6.25. The van der Waals surface area contributed by atoms with Crippen molar-refractivity contribution < 1.29 is 8.42 Å². The highest BCUT2D eigenvalue weighted by Crippen LogP contribution is 2.28. The van der Waals surface area contributed by atoms with Crippen LogP contribution in [0.25, 0.3) is 10.2 Å². The van der Waals surface area contributed by atoms with Crippen LogP contribution in [-0.4, -0.2) is 36.8 Å². The number of benzene rings is 1. The molecule has 6 nitrogen and oxygen atoms in total. The smallest absolute Gasteiger partial charge is 0.242 e. The second kappa shape index (κ2) is 5.88. The van der Waals surface area contributed by atoms with Crippen molar-refractivity contribution >= 4 is 43.1 Å². The minimum absolute atomic E-state index is 0.281. The van der Waals surface area contributed by atoms with Crippen molar-refractivity contribution in [3.05, 3.63) is 41.5 Å². The van der Waals surface area contributed by atoms with E-state index in [2.05, 4.69) is 15.3 Å². The lowest BCUT2D eigenvalue weighted by atomic mass is 10.2. The van der Waals surface area contributed by atoms with E-state index in [1.54, 1.807) is 19.1 Å². The van der Waals surface area contributed by atoms with Gasteiger partial charge in [0.2, 0.25) is 10.0 Å². The maximum absolute atomic E-state index is 12.4. The largest absolute Gasteiger partial charge is 0.340 e. The van der Waals surface area contributed by atoms with E-state index >= 15 is 0 Å². The first kappa shape index (κ1) is 15.9. The van der Waals surface area contributed by atoms with Crippen molar-refractivity contribution in [3.8, 4) is 0 Å². The number of fused-ring (bicyclic) bond motifs is 1. The summed E-state index contributed by atoms with van der Waals surface area (Å²) in [4.78, 5) is 9.62. The average molecular weight is 348 g/mol. The van der Waals surface area contributed by atoms with Gasteiger partial charge < -0.3 is 5.32 Å². The molecule has 0 saturated carbocycles. The Morgan fingerprint density at radius 2 is 1.96 bits per heavy atom. The molecule has 0 atom stereocenters. The molecule has 0 aliphatic rings. The molecule has 3 aromatic rings. The second-order valence-corrected chi connectivity index (χ2v) is 8.27. The Hall–Kier alpha value is -2.03. The molecule has 1 aromatic carbocycles. The van der Waals surface area contributed by atoms with Crippen LogP contribution < -0.4 is 5.32 Å². The SMILES string of the molecule is Cc1ccc(Nc2ncnc3sccc23)cc1S(=O)(=O)N(C)C. The number of aryl methyl sites for hydroxylation is 1. The zero-order chi connectivity index (χ0) is 16.6. The molecule has 0 unspecified atom stereocenters. The summed E-state index contributed by atoms with van der Waals surface area (Å²) < 4.78 is 26.0. The highest BCUT2D eigenvalue weighted by Gasteiger charge is 2.20. The standard InChI is InChI=1S/C15H16N4O2S2/c1-10-4-5-11(8-13(10)23(20,21)19(2)3)18-14-12-6-7-22-15(12)17-9-16-14/h4-9H,1-3H3,(H,16,17,18).